The van der Waals surface area contributed by atoms with Crippen LogP contribution in [0.2, 0.25) is 0 Å². The summed E-state index contributed by atoms with van der Waals surface area (Å²) in [6.45, 7) is 1.19. The highest BCUT2D eigenvalue weighted by Gasteiger charge is 2.36. The van der Waals surface area contributed by atoms with E-state index < -0.39 is 5.67 Å². The second-order valence-electron chi connectivity index (χ2n) is 4.14. The van der Waals surface area contributed by atoms with Gasteiger partial charge in [0.05, 0.1) is 0 Å². The lowest BCUT2D eigenvalue weighted by atomic mass is 9.92. The number of fused-ring (bicyclic) bond motifs is 1. The molecule has 1 aromatic carbocycles. The van der Waals surface area contributed by atoms with E-state index in [-0.39, 0.29) is 0 Å². The zero-order valence-corrected chi connectivity index (χ0v) is 8.39. The van der Waals surface area contributed by atoms with Gasteiger partial charge in [-0.3, -0.25) is 0 Å². The van der Waals surface area contributed by atoms with Crippen LogP contribution < -0.4 is 5.32 Å². The number of aromatic amines is 1. The molecule has 0 saturated carbocycles. The van der Waals surface area contributed by atoms with Crippen molar-refractivity contribution in [2.75, 3.05) is 13.1 Å². The largest absolute Gasteiger partial charge is 0.361 e. The number of rotatable bonds is 1. The van der Waals surface area contributed by atoms with E-state index in [0.29, 0.717) is 13.0 Å². The van der Waals surface area contributed by atoms with Crippen LogP contribution in [0.3, 0.4) is 0 Å². The first-order valence-electron chi connectivity index (χ1n) is 5.26. The summed E-state index contributed by atoms with van der Waals surface area (Å²) < 4.78 is 14.6. The Bertz CT molecular complexity index is 483. The number of hydrogen-bond donors (Lipinski definition) is 2. The maximum Gasteiger partial charge on any atom is 0.150 e. The topological polar surface area (TPSA) is 27.8 Å². The smallest absolute Gasteiger partial charge is 0.150 e. The van der Waals surface area contributed by atoms with Gasteiger partial charge in [0.1, 0.15) is 5.67 Å². The molecule has 78 valence electrons. The first-order valence-corrected chi connectivity index (χ1v) is 5.26. The van der Waals surface area contributed by atoms with Crippen LogP contribution in [0.1, 0.15) is 12.0 Å². The molecule has 0 spiro atoms. The molecule has 2 aromatic rings. The summed E-state index contributed by atoms with van der Waals surface area (Å²) in [5, 5.41) is 4.09. The highest BCUT2D eigenvalue weighted by molar-refractivity contribution is 5.83. The van der Waals surface area contributed by atoms with Gasteiger partial charge in [0.2, 0.25) is 0 Å². The second-order valence-corrected chi connectivity index (χ2v) is 4.14. The maximum atomic E-state index is 14.6. The molecule has 1 aliphatic heterocycles. The minimum atomic E-state index is -1.19. The van der Waals surface area contributed by atoms with Gasteiger partial charge in [-0.25, -0.2) is 4.39 Å². The van der Waals surface area contributed by atoms with Crippen LogP contribution in [-0.2, 0) is 5.67 Å². The second kappa shape index (κ2) is 3.07. The number of H-pyrrole nitrogens is 1. The molecule has 15 heavy (non-hydrogen) atoms. The number of hydrogen-bond acceptors (Lipinski definition) is 1. The molecule has 1 unspecified atom stereocenters. The normalized spacial score (nSPS) is 26.2. The lowest BCUT2D eigenvalue weighted by Crippen LogP contribution is -2.23. The highest BCUT2D eigenvalue weighted by Crippen LogP contribution is 2.36. The summed E-state index contributed by atoms with van der Waals surface area (Å²) >= 11 is 0. The number of benzene rings is 1. The summed E-state index contributed by atoms with van der Waals surface area (Å²) in [6, 6.07) is 7.73. The van der Waals surface area contributed by atoms with Gasteiger partial charge in [-0.15, -0.1) is 0 Å². The van der Waals surface area contributed by atoms with Crippen LogP contribution in [0, 0.1) is 0 Å². The van der Waals surface area contributed by atoms with E-state index in [0.717, 1.165) is 23.0 Å². The molecule has 1 saturated heterocycles. The number of alkyl halides is 1. The highest BCUT2D eigenvalue weighted by atomic mass is 19.1. The van der Waals surface area contributed by atoms with E-state index in [1.54, 1.807) is 0 Å². The van der Waals surface area contributed by atoms with Crippen molar-refractivity contribution in [3.8, 4) is 0 Å². The lowest BCUT2D eigenvalue weighted by Gasteiger charge is -2.19. The standard InChI is InChI=1S/C12H13FN2/c13-12(5-7-14-8-12)10-2-1-3-11-9(10)4-6-15-11/h1-4,6,14-15H,5,7-8H2. The van der Waals surface area contributed by atoms with E-state index in [1.165, 1.54) is 0 Å². The van der Waals surface area contributed by atoms with E-state index in [1.807, 2.05) is 30.5 Å². The quantitative estimate of drug-likeness (QED) is 0.733. The first-order chi connectivity index (χ1) is 7.30. The molecule has 1 fully saturated rings. The van der Waals surface area contributed by atoms with Crippen molar-refractivity contribution >= 4 is 10.9 Å². The van der Waals surface area contributed by atoms with Gasteiger partial charge < -0.3 is 10.3 Å². The van der Waals surface area contributed by atoms with Crippen molar-refractivity contribution in [3.05, 3.63) is 36.0 Å². The molecule has 1 aliphatic rings. The van der Waals surface area contributed by atoms with Crippen molar-refractivity contribution in [1.29, 1.82) is 0 Å². The van der Waals surface area contributed by atoms with Gasteiger partial charge in [0.25, 0.3) is 0 Å². The van der Waals surface area contributed by atoms with Crippen LogP contribution in [-0.4, -0.2) is 18.1 Å². The Morgan fingerprint density at radius 1 is 1.27 bits per heavy atom. The molecule has 0 aliphatic carbocycles. The van der Waals surface area contributed by atoms with Crippen molar-refractivity contribution in [3.63, 3.8) is 0 Å². The van der Waals surface area contributed by atoms with Gasteiger partial charge in [-0.2, -0.15) is 0 Å². The summed E-state index contributed by atoms with van der Waals surface area (Å²) in [5.74, 6) is 0. The predicted molar refractivity (Wildman–Crippen MR) is 58.6 cm³/mol. The average Bonchev–Trinajstić information content (AvgIpc) is 2.85. The van der Waals surface area contributed by atoms with Crippen molar-refractivity contribution < 1.29 is 4.39 Å². The Balaban J connectivity index is 2.21. The third kappa shape index (κ3) is 1.27. The van der Waals surface area contributed by atoms with Crippen molar-refractivity contribution in [2.45, 2.75) is 12.1 Å². The molecular formula is C12H13FN2. The van der Waals surface area contributed by atoms with Crippen molar-refractivity contribution in [1.82, 2.24) is 10.3 Å². The van der Waals surface area contributed by atoms with Crippen molar-refractivity contribution in [2.24, 2.45) is 0 Å². The Morgan fingerprint density at radius 2 is 2.20 bits per heavy atom. The summed E-state index contributed by atoms with van der Waals surface area (Å²) in [6.07, 6.45) is 2.43. The number of aromatic nitrogens is 1. The Kier molecular flexibility index (Phi) is 1.83. The zero-order valence-electron chi connectivity index (χ0n) is 8.39. The molecule has 3 heteroatoms. The van der Waals surface area contributed by atoms with E-state index >= 15 is 0 Å². The molecule has 0 radical (unpaired) electrons. The summed E-state index contributed by atoms with van der Waals surface area (Å²) in [5.41, 5.74) is 0.629. The molecular weight excluding hydrogens is 191 g/mol. The maximum absolute atomic E-state index is 14.6. The Hall–Kier alpha value is -1.35. The van der Waals surface area contributed by atoms with Gasteiger partial charge in [0.15, 0.2) is 0 Å². The fourth-order valence-corrected chi connectivity index (χ4v) is 2.37. The van der Waals surface area contributed by atoms with Gasteiger partial charge >= 0.3 is 0 Å². The summed E-state index contributed by atoms with van der Waals surface area (Å²) in [7, 11) is 0. The minimum absolute atomic E-state index is 0.428. The van der Waals surface area contributed by atoms with Gasteiger partial charge in [-0.05, 0) is 30.7 Å². The van der Waals surface area contributed by atoms with E-state index in [9.17, 15) is 4.39 Å². The minimum Gasteiger partial charge on any atom is -0.361 e. The van der Waals surface area contributed by atoms with E-state index in [4.69, 9.17) is 0 Å². The molecule has 0 amide bonds. The zero-order chi connectivity index (χ0) is 10.3. The average molecular weight is 204 g/mol. The molecule has 2 heterocycles. The molecule has 2 N–H and O–H groups in total. The van der Waals surface area contributed by atoms with Crippen LogP contribution >= 0.6 is 0 Å². The Labute approximate surface area is 87.5 Å². The van der Waals surface area contributed by atoms with Gasteiger partial charge in [0, 0.05) is 23.6 Å². The lowest BCUT2D eigenvalue weighted by molar-refractivity contribution is 0.195. The fraction of sp³-hybridized carbons (Fsp3) is 0.333. The molecule has 1 atom stereocenters. The van der Waals surface area contributed by atoms with Crippen LogP contribution in [0.15, 0.2) is 30.5 Å². The first kappa shape index (κ1) is 8.92. The number of halogens is 1. The molecule has 1 aromatic heterocycles. The molecule has 3 rings (SSSR count). The SMILES string of the molecule is FC1(c2cccc3[nH]ccc23)CCNC1. The fourth-order valence-electron chi connectivity index (χ4n) is 2.37. The summed E-state index contributed by atoms with van der Waals surface area (Å²) in [4.78, 5) is 3.11. The molecule has 2 nitrogen and oxygen atoms in total. The van der Waals surface area contributed by atoms with Crippen LogP contribution in [0.5, 0.6) is 0 Å². The third-order valence-electron chi connectivity index (χ3n) is 3.18. The predicted octanol–water partition coefficient (Wildman–Crippen LogP) is 2.33. The van der Waals surface area contributed by atoms with Crippen LogP contribution in [0.4, 0.5) is 4.39 Å². The third-order valence-corrected chi connectivity index (χ3v) is 3.18. The molecule has 0 bridgehead atoms. The van der Waals surface area contributed by atoms with Crippen LogP contribution in [0.25, 0.3) is 10.9 Å². The number of nitrogens with one attached hydrogen (secondary N) is 2. The van der Waals surface area contributed by atoms with E-state index in [2.05, 4.69) is 10.3 Å². The van der Waals surface area contributed by atoms with Gasteiger partial charge in [-0.1, -0.05) is 12.1 Å². The Morgan fingerprint density at radius 3 is 3.00 bits per heavy atom. The monoisotopic (exact) mass is 204 g/mol.